The molecule has 0 spiro atoms. The monoisotopic (exact) mass is 260 g/mol. The molecule has 0 saturated carbocycles. The minimum atomic E-state index is -1.09. The Morgan fingerprint density at radius 2 is 1.53 bits per heavy atom. The van der Waals surface area contributed by atoms with Crippen molar-refractivity contribution in [1.29, 1.82) is 0 Å². The number of unbranched alkanes of at least 4 members (excludes halogenated alkanes) is 1. The highest BCUT2D eigenvalue weighted by molar-refractivity contribution is 6.51. The molecular weight excluding hydrogens is 228 g/mol. The Balaban J connectivity index is 4.16. The molecule has 0 aliphatic carbocycles. The molecule has 3 heteroatoms. The topological polar surface area (TPSA) is 18.5 Å². The van der Waals surface area contributed by atoms with Crippen LogP contribution < -0.4 is 0 Å². The summed E-state index contributed by atoms with van der Waals surface area (Å²) in [6, 6.07) is 2.54. The minimum Gasteiger partial charge on any atom is -0.396 e. The van der Waals surface area contributed by atoms with Gasteiger partial charge in [0.25, 0.3) is 0 Å². The molecule has 104 valence electrons. The van der Waals surface area contributed by atoms with Crippen molar-refractivity contribution in [2.45, 2.75) is 72.3 Å². The van der Waals surface area contributed by atoms with Crippen LogP contribution in [0.15, 0.2) is 0 Å². The van der Waals surface area contributed by atoms with Crippen molar-refractivity contribution >= 4 is 9.04 Å². The van der Waals surface area contributed by atoms with E-state index in [1.165, 1.54) is 24.9 Å². The smallest absolute Gasteiger partial charge is 0.180 e. The normalized spacial score (nSPS) is 13.9. The molecule has 0 aromatic heterocycles. The third kappa shape index (κ3) is 9.80. The van der Waals surface area contributed by atoms with Crippen LogP contribution in [0, 0.1) is 11.8 Å². The van der Waals surface area contributed by atoms with Gasteiger partial charge >= 0.3 is 0 Å². The first-order chi connectivity index (χ1) is 7.99. The van der Waals surface area contributed by atoms with E-state index in [2.05, 4.69) is 34.6 Å². The maximum atomic E-state index is 6.24. The van der Waals surface area contributed by atoms with Gasteiger partial charge in [0.15, 0.2) is 9.04 Å². The highest BCUT2D eigenvalue weighted by atomic mass is 28.3. The summed E-state index contributed by atoms with van der Waals surface area (Å²) >= 11 is 0. The van der Waals surface area contributed by atoms with Gasteiger partial charge in [-0.2, -0.15) is 0 Å². The molecule has 0 amide bonds. The molecule has 0 aliphatic rings. The molecule has 0 aromatic rings. The van der Waals surface area contributed by atoms with E-state index in [0.717, 1.165) is 18.3 Å². The molecule has 0 radical (unpaired) electrons. The summed E-state index contributed by atoms with van der Waals surface area (Å²) in [6.07, 6.45) is 3.50. The van der Waals surface area contributed by atoms with Crippen molar-refractivity contribution in [2.75, 3.05) is 7.11 Å². The highest BCUT2D eigenvalue weighted by Crippen LogP contribution is 2.18. The van der Waals surface area contributed by atoms with Gasteiger partial charge in [0, 0.05) is 7.11 Å². The second-order valence-electron chi connectivity index (χ2n) is 5.82. The Labute approximate surface area is 110 Å². The predicted molar refractivity (Wildman–Crippen MR) is 77.8 cm³/mol. The molecule has 0 saturated heterocycles. The van der Waals surface area contributed by atoms with E-state index < -0.39 is 9.04 Å². The maximum absolute atomic E-state index is 6.24. The molecule has 2 nitrogen and oxygen atoms in total. The lowest BCUT2D eigenvalue weighted by Gasteiger charge is -2.25. The van der Waals surface area contributed by atoms with E-state index in [4.69, 9.17) is 9.16 Å². The van der Waals surface area contributed by atoms with Crippen molar-refractivity contribution in [3.63, 3.8) is 0 Å². The first-order valence-corrected chi connectivity index (χ1v) is 9.28. The molecule has 17 heavy (non-hydrogen) atoms. The third-order valence-electron chi connectivity index (χ3n) is 2.87. The lowest BCUT2D eigenvalue weighted by molar-refractivity contribution is -0.0631. The maximum Gasteiger partial charge on any atom is 0.180 e. The number of methoxy groups -OCH3 is 1. The quantitative estimate of drug-likeness (QED) is 0.433. The molecule has 1 unspecified atom stereocenters. The number of rotatable bonds is 10. The van der Waals surface area contributed by atoms with E-state index in [1.54, 1.807) is 7.11 Å². The van der Waals surface area contributed by atoms with Crippen LogP contribution in [0.1, 0.15) is 53.9 Å². The van der Waals surface area contributed by atoms with Crippen LogP contribution in [0.3, 0.4) is 0 Å². The second-order valence-corrected chi connectivity index (χ2v) is 8.28. The van der Waals surface area contributed by atoms with Crippen LogP contribution in [0.4, 0.5) is 0 Å². The van der Waals surface area contributed by atoms with Gasteiger partial charge in [-0.05, 0) is 36.8 Å². The summed E-state index contributed by atoms with van der Waals surface area (Å²) in [5, 5.41) is 0. The molecule has 0 rings (SSSR count). The number of hydrogen-bond acceptors (Lipinski definition) is 2. The van der Waals surface area contributed by atoms with Crippen LogP contribution in [-0.4, -0.2) is 22.4 Å². The second kappa shape index (κ2) is 10.1. The molecule has 0 bridgehead atoms. The Morgan fingerprint density at radius 1 is 1.00 bits per heavy atom. The van der Waals surface area contributed by atoms with E-state index in [0.29, 0.717) is 0 Å². The van der Waals surface area contributed by atoms with Gasteiger partial charge in [0.05, 0.1) is 0 Å². The Morgan fingerprint density at radius 3 is 1.88 bits per heavy atom. The van der Waals surface area contributed by atoms with Crippen LogP contribution in [0.25, 0.3) is 0 Å². The largest absolute Gasteiger partial charge is 0.396 e. The highest BCUT2D eigenvalue weighted by Gasteiger charge is 2.20. The zero-order chi connectivity index (χ0) is 13.3. The Bertz CT molecular complexity index is 162. The molecule has 0 aliphatic heterocycles. The summed E-state index contributed by atoms with van der Waals surface area (Å²) in [6.45, 7) is 11.4. The van der Waals surface area contributed by atoms with Crippen LogP contribution >= 0.6 is 0 Å². The molecular formula is C14H32O2Si. The molecule has 0 N–H and O–H groups in total. The van der Waals surface area contributed by atoms with E-state index in [1.807, 2.05) is 0 Å². The molecule has 0 fully saturated rings. The third-order valence-corrected chi connectivity index (χ3v) is 6.49. The van der Waals surface area contributed by atoms with E-state index in [-0.39, 0.29) is 6.29 Å². The summed E-state index contributed by atoms with van der Waals surface area (Å²) in [5.74, 6) is 1.49. The van der Waals surface area contributed by atoms with Gasteiger partial charge in [0.1, 0.15) is 6.29 Å². The van der Waals surface area contributed by atoms with Crippen LogP contribution in [0.2, 0.25) is 12.1 Å². The lowest BCUT2D eigenvalue weighted by atomic mass is 10.2. The van der Waals surface area contributed by atoms with Crippen LogP contribution in [-0.2, 0) is 9.16 Å². The zero-order valence-electron chi connectivity index (χ0n) is 12.7. The molecule has 0 aromatic carbocycles. The van der Waals surface area contributed by atoms with Gasteiger partial charge < -0.3 is 9.16 Å². The van der Waals surface area contributed by atoms with Crippen molar-refractivity contribution < 1.29 is 9.16 Å². The number of ether oxygens (including phenoxy) is 1. The molecule has 1 atom stereocenters. The average Bonchev–Trinajstić information content (AvgIpc) is 2.22. The van der Waals surface area contributed by atoms with Gasteiger partial charge in [-0.15, -0.1) is 0 Å². The van der Waals surface area contributed by atoms with Crippen molar-refractivity contribution in [3.8, 4) is 0 Å². The fourth-order valence-corrected chi connectivity index (χ4v) is 5.28. The van der Waals surface area contributed by atoms with Gasteiger partial charge in [0.2, 0.25) is 0 Å². The van der Waals surface area contributed by atoms with E-state index >= 15 is 0 Å². The van der Waals surface area contributed by atoms with Crippen molar-refractivity contribution in [3.05, 3.63) is 0 Å². The van der Waals surface area contributed by atoms with Gasteiger partial charge in [-0.1, -0.05) is 41.0 Å². The van der Waals surface area contributed by atoms with Crippen molar-refractivity contribution in [2.24, 2.45) is 11.8 Å². The fraction of sp³-hybridized carbons (Fsp3) is 1.00. The number of hydrogen-bond donors (Lipinski definition) is 0. The summed E-state index contributed by atoms with van der Waals surface area (Å²) in [4.78, 5) is 0. The Kier molecular flexibility index (Phi) is 10.2. The molecule has 0 heterocycles. The fourth-order valence-electron chi connectivity index (χ4n) is 2.09. The predicted octanol–water partition coefficient (Wildman–Crippen LogP) is 4.20. The van der Waals surface area contributed by atoms with Gasteiger partial charge in [-0.3, -0.25) is 0 Å². The summed E-state index contributed by atoms with van der Waals surface area (Å²) < 4.78 is 11.7. The van der Waals surface area contributed by atoms with Gasteiger partial charge in [-0.25, -0.2) is 0 Å². The summed E-state index contributed by atoms with van der Waals surface area (Å²) in [7, 11) is 0.682. The van der Waals surface area contributed by atoms with E-state index in [9.17, 15) is 0 Å². The first kappa shape index (κ1) is 17.1. The zero-order valence-corrected chi connectivity index (χ0v) is 13.8. The summed E-state index contributed by atoms with van der Waals surface area (Å²) in [5.41, 5.74) is 0. The SMILES string of the molecule is CCCCC(OC)O[SiH](CC(C)C)CC(C)C. The standard InChI is InChI=1S/C14H32O2Si/c1-7-8-9-14(15-6)16-17(10-12(2)3)11-13(4)5/h12-14,17H,7-11H2,1-6H3. The average molecular weight is 260 g/mol. The van der Waals surface area contributed by atoms with Crippen LogP contribution in [0.5, 0.6) is 0 Å². The first-order valence-electron chi connectivity index (χ1n) is 7.17. The minimum absolute atomic E-state index is 0.0455. The Hall–Kier alpha value is 0.137. The lowest BCUT2D eigenvalue weighted by Crippen LogP contribution is -2.29. The van der Waals surface area contributed by atoms with Crippen molar-refractivity contribution in [1.82, 2.24) is 0 Å².